The van der Waals surface area contributed by atoms with Crippen molar-refractivity contribution in [2.45, 2.75) is 25.7 Å². The van der Waals surface area contributed by atoms with Gasteiger partial charge in [0, 0.05) is 13.1 Å². The standard InChI is InChI=1S/C23H23ClN2O4/c24-18-8-4-3-7-17(18)22(27)25-19(23(28)26-11-5-1-2-6-12-26)13-16-9-10-20-21(14-16)30-15-29-20/h3-4,7-10,13-14H,1-2,5-6,11-12,15H2,(H,25,27)/b19-13-. The van der Waals surface area contributed by atoms with Gasteiger partial charge in [-0.1, -0.05) is 42.6 Å². The summed E-state index contributed by atoms with van der Waals surface area (Å²) in [5.41, 5.74) is 1.26. The zero-order chi connectivity index (χ0) is 20.9. The quantitative estimate of drug-likeness (QED) is 0.742. The number of nitrogens with zero attached hydrogens (tertiary/aromatic N) is 1. The van der Waals surface area contributed by atoms with Gasteiger partial charge in [-0.25, -0.2) is 0 Å². The minimum atomic E-state index is -0.421. The van der Waals surface area contributed by atoms with Crippen LogP contribution in [-0.4, -0.2) is 36.6 Å². The molecule has 0 atom stereocenters. The van der Waals surface area contributed by atoms with Crippen LogP contribution in [-0.2, 0) is 4.79 Å². The molecular formula is C23H23ClN2O4. The number of carbonyl (C=O) groups excluding carboxylic acids is 2. The summed E-state index contributed by atoms with van der Waals surface area (Å²) in [6.07, 6.45) is 5.81. The van der Waals surface area contributed by atoms with Crippen molar-refractivity contribution in [2.75, 3.05) is 19.9 Å². The van der Waals surface area contributed by atoms with Gasteiger partial charge in [-0.2, -0.15) is 0 Å². The van der Waals surface area contributed by atoms with Gasteiger partial charge in [-0.15, -0.1) is 0 Å². The highest BCUT2D eigenvalue weighted by molar-refractivity contribution is 6.34. The Morgan fingerprint density at radius 3 is 2.47 bits per heavy atom. The van der Waals surface area contributed by atoms with E-state index in [1.54, 1.807) is 47.4 Å². The van der Waals surface area contributed by atoms with Crippen molar-refractivity contribution in [1.82, 2.24) is 10.2 Å². The zero-order valence-corrected chi connectivity index (χ0v) is 17.3. The topological polar surface area (TPSA) is 67.9 Å². The molecule has 1 saturated heterocycles. The van der Waals surface area contributed by atoms with E-state index in [4.69, 9.17) is 21.1 Å². The highest BCUT2D eigenvalue weighted by Crippen LogP contribution is 2.33. The summed E-state index contributed by atoms with van der Waals surface area (Å²) in [7, 11) is 0. The molecule has 0 saturated carbocycles. The maximum absolute atomic E-state index is 13.3. The smallest absolute Gasteiger partial charge is 0.270 e. The highest BCUT2D eigenvalue weighted by atomic mass is 35.5. The molecule has 2 aromatic rings. The van der Waals surface area contributed by atoms with Crippen LogP contribution in [0.3, 0.4) is 0 Å². The van der Waals surface area contributed by atoms with Crippen LogP contribution in [0.15, 0.2) is 48.2 Å². The lowest BCUT2D eigenvalue weighted by Gasteiger charge is -2.22. The van der Waals surface area contributed by atoms with E-state index in [0.29, 0.717) is 35.2 Å². The van der Waals surface area contributed by atoms with E-state index in [0.717, 1.165) is 31.2 Å². The number of nitrogens with one attached hydrogen (secondary N) is 1. The summed E-state index contributed by atoms with van der Waals surface area (Å²) < 4.78 is 10.8. The van der Waals surface area contributed by atoms with E-state index in [9.17, 15) is 9.59 Å². The minimum Gasteiger partial charge on any atom is -0.454 e. The number of hydrogen-bond acceptors (Lipinski definition) is 4. The van der Waals surface area contributed by atoms with Gasteiger partial charge in [0.15, 0.2) is 11.5 Å². The first-order valence-corrected chi connectivity index (χ1v) is 10.5. The van der Waals surface area contributed by atoms with Gasteiger partial charge in [-0.05, 0) is 48.7 Å². The molecule has 1 N–H and O–H groups in total. The van der Waals surface area contributed by atoms with Crippen molar-refractivity contribution in [3.05, 3.63) is 64.3 Å². The average Bonchev–Trinajstić information content (AvgIpc) is 3.04. The second-order valence-corrected chi connectivity index (χ2v) is 7.72. The molecule has 30 heavy (non-hydrogen) atoms. The number of hydrogen-bond donors (Lipinski definition) is 1. The van der Waals surface area contributed by atoms with Gasteiger partial charge in [0.2, 0.25) is 6.79 Å². The molecule has 0 bridgehead atoms. The van der Waals surface area contributed by atoms with Crippen LogP contribution in [0.5, 0.6) is 11.5 Å². The summed E-state index contributed by atoms with van der Waals surface area (Å²) in [5, 5.41) is 3.12. The average molecular weight is 427 g/mol. The Balaban J connectivity index is 1.64. The van der Waals surface area contributed by atoms with E-state index in [2.05, 4.69) is 5.32 Å². The molecule has 156 valence electrons. The summed E-state index contributed by atoms with van der Waals surface area (Å²) in [4.78, 5) is 28.0. The van der Waals surface area contributed by atoms with Crippen LogP contribution in [0.25, 0.3) is 6.08 Å². The maximum Gasteiger partial charge on any atom is 0.270 e. The molecule has 2 aliphatic heterocycles. The van der Waals surface area contributed by atoms with E-state index >= 15 is 0 Å². The van der Waals surface area contributed by atoms with Crippen molar-refractivity contribution >= 4 is 29.5 Å². The van der Waals surface area contributed by atoms with Gasteiger partial charge in [-0.3, -0.25) is 9.59 Å². The lowest BCUT2D eigenvalue weighted by atomic mass is 10.1. The van der Waals surface area contributed by atoms with E-state index in [-0.39, 0.29) is 18.4 Å². The fourth-order valence-electron chi connectivity index (χ4n) is 3.60. The summed E-state index contributed by atoms with van der Waals surface area (Å²) >= 11 is 6.17. The number of halogens is 1. The molecule has 2 aromatic carbocycles. The number of ether oxygens (including phenoxy) is 2. The Bertz CT molecular complexity index is 981. The number of fused-ring (bicyclic) bond motifs is 1. The first-order valence-electron chi connectivity index (χ1n) is 10.1. The predicted molar refractivity (Wildman–Crippen MR) is 115 cm³/mol. The monoisotopic (exact) mass is 426 g/mol. The van der Waals surface area contributed by atoms with Crippen molar-refractivity contribution in [3.8, 4) is 11.5 Å². The SMILES string of the molecule is O=C(N/C(=C\c1ccc2c(c1)OCO2)C(=O)N1CCCCCC1)c1ccccc1Cl. The van der Waals surface area contributed by atoms with Crippen molar-refractivity contribution < 1.29 is 19.1 Å². The third-order valence-electron chi connectivity index (χ3n) is 5.20. The van der Waals surface area contributed by atoms with Crippen LogP contribution >= 0.6 is 11.6 Å². The van der Waals surface area contributed by atoms with E-state index in [1.165, 1.54) is 0 Å². The number of amides is 2. The minimum absolute atomic E-state index is 0.172. The van der Waals surface area contributed by atoms with Gasteiger partial charge in [0.25, 0.3) is 11.8 Å². The fourth-order valence-corrected chi connectivity index (χ4v) is 3.82. The molecule has 0 spiro atoms. The number of benzene rings is 2. The number of carbonyl (C=O) groups is 2. The fraction of sp³-hybridized carbons (Fsp3) is 0.304. The summed E-state index contributed by atoms with van der Waals surface area (Å²) in [6, 6.07) is 12.2. The molecule has 0 aromatic heterocycles. The zero-order valence-electron chi connectivity index (χ0n) is 16.5. The summed E-state index contributed by atoms with van der Waals surface area (Å²) in [6.45, 7) is 1.53. The maximum atomic E-state index is 13.3. The molecule has 4 rings (SSSR count). The van der Waals surface area contributed by atoms with Crippen LogP contribution in [0.1, 0.15) is 41.6 Å². The third-order valence-corrected chi connectivity index (χ3v) is 5.53. The van der Waals surface area contributed by atoms with Gasteiger partial charge in [0.1, 0.15) is 5.70 Å². The summed E-state index contributed by atoms with van der Waals surface area (Å²) in [5.74, 6) is 0.654. The van der Waals surface area contributed by atoms with Crippen molar-refractivity contribution in [3.63, 3.8) is 0 Å². The van der Waals surface area contributed by atoms with E-state index in [1.807, 2.05) is 6.07 Å². The van der Waals surface area contributed by atoms with Crippen LogP contribution in [0, 0.1) is 0 Å². The van der Waals surface area contributed by atoms with Gasteiger partial charge in [0.05, 0.1) is 10.6 Å². The second-order valence-electron chi connectivity index (χ2n) is 7.31. The number of rotatable bonds is 4. The molecule has 2 heterocycles. The lowest BCUT2D eigenvalue weighted by molar-refractivity contribution is -0.127. The van der Waals surface area contributed by atoms with Crippen molar-refractivity contribution in [2.24, 2.45) is 0 Å². The Hall–Kier alpha value is -2.99. The van der Waals surface area contributed by atoms with E-state index < -0.39 is 5.91 Å². The van der Waals surface area contributed by atoms with Crippen molar-refractivity contribution in [1.29, 1.82) is 0 Å². The number of likely N-dealkylation sites (tertiary alicyclic amines) is 1. The Morgan fingerprint density at radius 2 is 1.70 bits per heavy atom. The van der Waals surface area contributed by atoms with Crippen LogP contribution in [0.4, 0.5) is 0 Å². The first kappa shape index (κ1) is 20.3. The predicted octanol–water partition coefficient (Wildman–Crippen LogP) is 4.24. The second kappa shape index (κ2) is 9.22. The van der Waals surface area contributed by atoms with Crippen LogP contribution in [0.2, 0.25) is 5.02 Å². The third kappa shape index (κ3) is 4.60. The van der Waals surface area contributed by atoms with Crippen LogP contribution < -0.4 is 14.8 Å². The van der Waals surface area contributed by atoms with Gasteiger partial charge >= 0.3 is 0 Å². The molecule has 2 amide bonds. The first-order chi connectivity index (χ1) is 14.6. The molecule has 2 aliphatic rings. The highest BCUT2D eigenvalue weighted by Gasteiger charge is 2.23. The molecule has 1 fully saturated rings. The Morgan fingerprint density at radius 1 is 0.967 bits per heavy atom. The molecule has 7 heteroatoms. The largest absolute Gasteiger partial charge is 0.454 e. The molecule has 0 unspecified atom stereocenters. The lowest BCUT2D eigenvalue weighted by Crippen LogP contribution is -2.39. The Kier molecular flexibility index (Phi) is 6.23. The Labute approximate surface area is 180 Å². The molecule has 0 aliphatic carbocycles. The molecule has 6 nitrogen and oxygen atoms in total. The van der Waals surface area contributed by atoms with Gasteiger partial charge < -0.3 is 19.7 Å². The normalized spacial score (nSPS) is 16.2. The molecule has 0 radical (unpaired) electrons. The molecular weight excluding hydrogens is 404 g/mol.